The molecular formula is C23H40N4O2. The summed E-state index contributed by atoms with van der Waals surface area (Å²) in [6.07, 6.45) is 16.1. The fourth-order valence-electron chi connectivity index (χ4n) is 4.12. The van der Waals surface area contributed by atoms with Crippen molar-refractivity contribution in [2.45, 2.75) is 83.1 Å². The predicted octanol–water partition coefficient (Wildman–Crippen LogP) is 3.50. The summed E-state index contributed by atoms with van der Waals surface area (Å²) in [5.41, 5.74) is 0.183. The predicted molar refractivity (Wildman–Crippen MR) is 116 cm³/mol. The monoisotopic (exact) mass is 404 g/mol. The average Bonchev–Trinajstić information content (AvgIpc) is 2.73. The molecule has 0 aromatic carbocycles. The van der Waals surface area contributed by atoms with Gasteiger partial charge >= 0.3 is 0 Å². The van der Waals surface area contributed by atoms with Crippen molar-refractivity contribution < 1.29 is 9.53 Å². The number of carbonyl (C=O) groups excluding carboxylic acids is 1. The van der Waals surface area contributed by atoms with Gasteiger partial charge in [-0.05, 0) is 25.8 Å². The lowest BCUT2D eigenvalue weighted by Gasteiger charge is -2.26. The maximum atomic E-state index is 12.6. The molecule has 1 saturated carbocycles. The van der Waals surface area contributed by atoms with E-state index in [9.17, 15) is 10.1 Å². The number of nitriles is 1. The number of amides is 1. The third-order valence-corrected chi connectivity index (χ3v) is 5.95. The first-order valence-corrected chi connectivity index (χ1v) is 11.7. The second-order valence-electron chi connectivity index (χ2n) is 8.36. The van der Waals surface area contributed by atoms with Crippen LogP contribution in [-0.2, 0) is 9.53 Å². The first kappa shape index (κ1) is 23.7. The maximum absolute atomic E-state index is 12.6. The number of carbonyl (C=O) groups is 1. The molecule has 0 aromatic heterocycles. The van der Waals surface area contributed by atoms with Gasteiger partial charge in [-0.2, -0.15) is 5.26 Å². The molecule has 2 aliphatic rings. The molecule has 2 fully saturated rings. The Morgan fingerprint density at radius 2 is 1.59 bits per heavy atom. The van der Waals surface area contributed by atoms with Gasteiger partial charge in [-0.15, -0.1) is 0 Å². The minimum Gasteiger partial charge on any atom is -0.390 e. The number of rotatable bonds is 7. The largest absolute Gasteiger partial charge is 0.390 e. The second-order valence-corrected chi connectivity index (χ2v) is 8.36. The Morgan fingerprint density at radius 1 is 1.00 bits per heavy atom. The lowest BCUT2D eigenvalue weighted by Crippen LogP contribution is -2.37. The van der Waals surface area contributed by atoms with E-state index in [1.54, 1.807) is 6.20 Å². The smallest absolute Gasteiger partial charge is 0.263 e. The van der Waals surface area contributed by atoms with Crippen molar-refractivity contribution in [2.24, 2.45) is 0 Å². The highest BCUT2D eigenvalue weighted by molar-refractivity contribution is 5.97. The van der Waals surface area contributed by atoms with Gasteiger partial charge in [0.15, 0.2) is 0 Å². The van der Waals surface area contributed by atoms with Crippen molar-refractivity contribution >= 4 is 5.91 Å². The van der Waals surface area contributed by atoms with Crippen LogP contribution in [0, 0.1) is 11.3 Å². The van der Waals surface area contributed by atoms with Crippen molar-refractivity contribution in [3.8, 4) is 6.07 Å². The summed E-state index contributed by atoms with van der Waals surface area (Å²) < 4.78 is 5.35. The summed E-state index contributed by atoms with van der Waals surface area (Å²) in [6.45, 7) is 5.38. The van der Waals surface area contributed by atoms with Crippen LogP contribution in [0.25, 0.3) is 0 Å². The number of nitrogens with one attached hydrogen (secondary N) is 2. The van der Waals surface area contributed by atoms with E-state index in [2.05, 4.69) is 21.6 Å². The standard InChI is InChI=1S/C23H40N4O2/c24-19-21(20-25-13-10-14-27-15-17-29-18-16-27)23(28)26-22-11-8-6-4-2-1-3-5-7-9-12-22/h20,22,25H,1-18H2,(H,26,28)/b21-20-. The van der Waals surface area contributed by atoms with Crippen LogP contribution < -0.4 is 10.6 Å². The molecule has 1 aliphatic heterocycles. The van der Waals surface area contributed by atoms with E-state index >= 15 is 0 Å². The van der Waals surface area contributed by atoms with Gasteiger partial charge in [0.1, 0.15) is 11.6 Å². The molecule has 0 spiro atoms. The van der Waals surface area contributed by atoms with Gasteiger partial charge in [0.25, 0.3) is 5.91 Å². The SMILES string of the molecule is N#C/C(=C/NCCCN1CCOCC1)C(=O)NC1CCCCCCCCCCC1. The van der Waals surface area contributed by atoms with E-state index in [-0.39, 0.29) is 17.5 Å². The number of hydrogen-bond acceptors (Lipinski definition) is 5. The Labute approximate surface area is 177 Å². The van der Waals surface area contributed by atoms with E-state index in [0.29, 0.717) is 0 Å². The Kier molecular flexibility index (Phi) is 12.5. The molecule has 0 aromatic rings. The topological polar surface area (TPSA) is 77.4 Å². The summed E-state index contributed by atoms with van der Waals surface area (Å²) in [4.78, 5) is 14.9. The summed E-state index contributed by atoms with van der Waals surface area (Å²) in [5, 5.41) is 15.7. The second kappa shape index (κ2) is 15.3. The third-order valence-electron chi connectivity index (χ3n) is 5.95. The lowest BCUT2D eigenvalue weighted by atomic mass is 9.98. The van der Waals surface area contributed by atoms with Crippen molar-refractivity contribution in [1.29, 1.82) is 5.26 Å². The average molecular weight is 405 g/mol. The fraction of sp³-hybridized carbons (Fsp3) is 0.826. The van der Waals surface area contributed by atoms with Crippen LogP contribution in [0.2, 0.25) is 0 Å². The summed E-state index contributed by atoms with van der Waals surface area (Å²) >= 11 is 0. The summed E-state index contributed by atoms with van der Waals surface area (Å²) in [5.74, 6) is -0.231. The fourth-order valence-corrected chi connectivity index (χ4v) is 4.12. The summed E-state index contributed by atoms with van der Waals surface area (Å²) in [7, 11) is 0. The van der Waals surface area contributed by atoms with Crippen LogP contribution in [0.5, 0.6) is 0 Å². The first-order valence-electron chi connectivity index (χ1n) is 11.7. The highest BCUT2D eigenvalue weighted by Gasteiger charge is 2.16. The molecule has 164 valence electrons. The molecule has 1 saturated heterocycles. The quantitative estimate of drug-likeness (QED) is 0.386. The Hall–Kier alpha value is -1.58. The molecule has 0 unspecified atom stereocenters. The van der Waals surface area contributed by atoms with Gasteiger partial charge in [0.05, 0.1) is 13.2 Å². The molecule has 6 nitrogen and oxygen atoms in total. The minimum atomic E-state index is -0.231. The van der Waals surface area contributed by atoms with Crippen molar-refractivity contribution in [1.82, 2.24) is 15.5 Å². The summed E-state index contributed by atoms with van der Waals surface area (Å²) in [6, 6.07) is 2.25. The molecular weight excluding hydrogens is 364 g/mol. The molecule has 0 atom stereocenters. The highest BCUT2D eigenvalue weighted by atomic mass is 16.5. The van der Waals surface area contributed by atoms with E-state index in [1.807, 2.05) is 0 Å². The van der Waals surface area contributed by atoms with Gasteiger partial charge < -0.3 is 15.4 Å². The van der Waals surface area contributed by atoms with E-state index in [0.717, 1.165) is 71.5 Å². The zero-order valence-corrected chi connectivity index (χ0v) is 18.1. The zero-order chi connectivity index (χ0) is 20.6. The van der Waals surface area contributed by atoms with Crippen LogP contribution in [-0.4, -0.2) is 56.2 Å². The molecule has 1 heterocycles. The van der Waals surface area contributed by atoms with Crippen molar-refractivity contribution in [3.63, 3.8) is 0 Å². The number of nitrogens with zero attached hydrogens (tertiary/aromatic N) is 2. The highest BCUT2D eigenvalue weighted by Crippen LogP contribution is 2.17. The first-order chi connectivity index (χ1) is 14.3. The van der Waals surface area contributed by atoms with Crippen LogP contribution in [0.4, 0.5) is 0 Å². The molecule has 0 bridgehead atoms. The van der Waals surface area contributed by atoms with Crippen LogP contribution in [0.3, 0.4) is 0 Å². The van der Waals surface area contributed by atoms with Gasteiger partial charge in [0, 0.05) is 31.9 Å². The normalized spacial score (nSPS) is 21.4. The number of morpholine rings is 1. The van der Waals surface area contributed by atoms with Crippen LogP contribution >= 0.6 is 0 Å². The van der Waals surface area contributed by atoms with Crippen LogP contribution in [0.15, 0.2) is 11.8 Å². The van der Waals surface area contributed by atoms with E-state index in [1.165, 1.54) is 44.9 Å². The van der Waals surface area contributed by atoms with Crippen molar-refractivity contribution in [3.05, 3.63) is 11.8 Å². The van der Waals surface area contributed by atoms with Gasteiger partial charge in [-0.3, -0.25) is 9.69 Å². The molecule has 1 amide bonds. The van der Waals surface area contributed by atoms with Crippen molar-refractivity contribution in [2.75, 3.05) is 39.4 Å². The van der Waals surface area contributed by atoms with E-state index < -0.39 is 0 Å². The lowest BCUT2D eigenvalue weighted by molar-refractivity contribution is -0.117. The molecule has 1 aliphatic carbocycles. The molecule has 2 N–H and O–H groups in total. The maximum Gasteiger partial charge on any atom is 0.263 e. The van der Waals surface area contributed by atoms with Gasteiger partial charge in [-0.25, -0.2) is 0 Å². The minimum absolute atomic E-state index is 0.183. The Bertz CT molecular complexity index is 511. The Morgan fingerprint density at radius 3 is 2.17 bits per heavy atom. The van der Waals surface area contributed by atoms with Gasteiger partial charge in [0.2, 0.25) is 0 Å². The Balaban J connectivity index is 1.70. The molecule has 29 heavy (non-hydrogen) atoms. The van der Waals surface area contributed by atoms with Gasteiger partial charge in [-0.1, -0.05) is 57.8 Å². The number of ether oxygens (including phenoxy) is 1. The number of hydrogen-bond donors (Lipinski definition) is 2. The van der Waals surface area contributed by atoms with E-state index in [4.69, 9.17) is 4.74 Å². The zero-order valence-electron chi connectivity index (χ0n) is 18.1. The molecule has 0 radical (unpaired) electrons. The van der Waals surface area contributed by atoms with Crippen LogP contribution in [0.1, 0.15) is 77.0 Å². The third kappa shape index (κ3) is 10.7. The molecule has 2 rings (SSSR count). The molecule has 6 heteroatoms.